The van der Waals surface area contributed by atoms with Crippen LogP contribution in [0, 0.1) is 11.7 Å². The van der Waals surface area contributed by atoms with Crippen LogP contribution in [0.2, 0.25) is 0 Å². The number of nitrogens with zero attached hydrogens (tertiary/aromatic N) is 5. The van der Waals surface area contributed by atoms with Crippen LogP contribution in [-0.2, 0) is 35.3 Å². The highest BCUT2D eigenvalue weighted by molar-refractivity contribution is 5.99. The Bertz CT molecular complexity index is 1880. The topological polar surface area (TPSA) is 201 Å². The van der Waals surface area contributed by atoms with E-state index < -0.39 is 35.4 Å². The standard InChI is InChI=1S/C31H33FN8O7/c1-47-30(45)16-35-27(42)15-34-28(43)17-39-24-4-2-3-20(22(24)14-36-39)21-12-25-19(11-23(21)32)13-37-40(25)31(46)18-7-9-38(10-8-18)29(44)6-5-26(33)41/h2-4,11-14,18H,5-10,15-17H2,1H3,(H2,33,41)(H,34,43)(H,35,42). The van der Waals surface area contributed by atoms with Gasteiger partial charge in [0.15, 0.2) is 0 Å². The Morgan fingerprint density at radius 3 is 2.40 bits per heavy atom. The highest BCUT2D eigenvalue weighted by Crippen LogP contribution is 2.33. The zero-order valence-electron chi connectivity index (χ0n) is 25.5. The number of ether oxygens (including phenoxy) is 1. The highest BCUT2D eigenvalue weighted by atomic mass is 19.1. The number of likely N-dealkylation sites (tertiary alicyclic amines) is 1. The molecular weight excluding hydrogens is 615 g/mol. The molecule has 3 heterocycles. The Balaban J connectivity index is 1.30. The Kier molecular flexibility index (Phi) is 9.87. The van der Waals surface area contributed by atoms with E-state index in [1.165, 1.54) is 34.9 Å². The molecule has 1 fully saturated rings. The summed E-state index contributed by atoms with van der Waals surface area (Å²) in [6.45, 7) is -0.182. The molecule has 1 aliphatic rings. The lowest BCUT2D eigenvalue weighted by molar-refractivity contribution is -0.141. The minimum absolute atomic E-state index is 0.0271. The second kappa shape index (κ2) is 14.2. The molecule has 4 aromatic rings. The Morgan fingerprint density at radius 1 is 0.936 bits per heavy atom. The number of nitrogens with two attached hydrogens (primary N) is 1. The number of hydrogen-bond donors (Lipinski definition) is 3. The first-order valence-electron chi connectivity index (χ1n) is 14.9. The normalized spacial score (nSPS) is 13.4. The summed E-state index contributed by atoms with van der Waals surface area (Å²) in [6, 6.07) is 7.99. The lowest BCUT2D eigenvalue weighted by atomic mass is 9.95. The number of methoxy groups -OCH3 is 1. The molecule has 2 aromatic carbocycles. The molecule has 47 heavy (non-hydrogen) atoms. The van der Waals surface area contributed by atoms with Crippen molar-refractivity contribution in [2.24, 2.45) is 11.7 Å². The summed E-state index contributed by atoms with van der Waals surface area (Å²) in [6.07, 6.45) is 3.77. The van der Waals surface area contributed by atoms with Crippen molar-refractivity contribution in [3.05, 3.63) is 48.5 Å². The minimum Gasteiger partial charge on any atom is -0.468 e. The molecule has 0 saturated carbocycles. The molecule has 0 aliphatic carbocycles. The maximum absolute atomic E-state index is 15.5. The second-order valence-electron chi connectivity index (χ2n) is 11.1. The maximum Gasteiger partial charge on any atom is 0.325 e. The number of carbonyl (C=O) groups is 6. The van der Waals surface area contributed by atoms with Gasteiger partial charge in [0, 0.05) is 48.2 Å². The van der Waals surface area contributed by atoms with Crippen LogP contribution in [0.1, 0.15) is 30.5 Å². The number of nitrogens with one attached hydrogen (secondary N) is 2. The summed E-state index contributed by atoms with van der Waals surface area (Å²) in [5, 5.41) is 14.3. The molecular formula is C31H33FN8O7. The predicted molar refractivity (Wildman–Crippen MR) is 165 cm³/mol. The third kappa shape index (κ3) is 7.43. The zero-order chi connectivity index (χ0) is 33.7. The smallest absolute Gasteiger partial charge is 0.325 e. The molecule has 0 radical (unpaired) electrons. The lowest BCUT2D eigenvalue weighted by Gasteiger charge is -2.31. The predicted octanol–water partition coefficient (Wildman–Crippen LogP) is 0.742. The molecule has 16 heteroatoms. The molecule has 15 nitrogen and oxygen atoms in total. The Hall–Kier alpha value is -5.67. The summed E-state index contributed by atoms with van der Waals surface area (Å²) < 4.78 is 22.6. The fourth-order valence-electron chi connectivity index (χ4n) is 5.51. The van der Waals surface area contributed by atoms with Crippen LogP contribution < -0.4 is 16.4 Å². The van der Waals surface area contributed by atoms with Gasteiger partial charge >= 0.3 is 5.97 Å². The van der Waals surface area contributed by atoms with Crippen molar-refractivity contribution in [1.29, 1.82) is 0 Å². The van der Waals surface area contributed by atoms with Gasteiger partial charge < -0.3 is 26.0 Å². The molecule has 246 valence electrons. The molecule has 4 amide bonds. The van der Waals surface area contributed by atoms with Gasteiger partial charge in [0.05, 0.1) is 37.1 Å². The van der Waals surface area contributed by atoms with Gasteiger partial charge in [-0.15, -0.1) is 0 Å². The summed E-state index contributed by atoms with van der Waals surface area (Å²) in [7, 11) is 1.19. The van der Waals surface area contributed by atoms with Crippen LogP contribution in [0.5, 0.6) is 0 Å². The summed E-state index contributed by atoms with van der Waals surface area (Å²) >= 11 is 0. The molecule has 0 spiro atoms. The monoisotopic (exact) mass is 648 g/mol. The first-order valence-corrected chi connectivity index (χ1v) is 14.9. The van der Waals surface area contributed by atoms with Crippen molar-refractivity contribution in [2.75, 3.05) is 33.3 Å². The van der Waals surface area contributed by atoms with E-state index in [2.05, 4.69) is 25.6 Å². The van der Waals surface area contributed by atoms with Crippen LogP contribution in [-0.4, -0.2) is 93.3 Å². The van der Waals surface area contributed by atoms with Crippen molar-refractivity contribution in [3.8, 4) is 11.1 Å². The van der Waals surface area contributed by atoms with Crippen molar-refractivity contribution >= 4 is 57.3 Å². The number of benzene rings is 2. The first-order chi connectivity index (χ1) is 22.5. The van der Waals surface area contributed by atoms with Gasteiger partial charge in [-0.1, -0.05) is 12.1 Å². The largest absolute Gasteiger partial charge is 0.468 e. The Labute approximate surface area is 267 Å². The average Bonchev–Trinajstić information content (AvgIpc) is 3.68. The van der Waals surface area contributed by atoms with E-state index in [0.29, 0.717) is 53.3 Å². The van der Waals surface area contributed by atoms with E-state index in [9.17, 15) is 28.8 Å². The average molecular weight is 649 g/mol. The summed E-state index contributed by atoms with van der Waals surface area (Å²) in [4.78, 5) is 74.1. The Morgan fingerprint density at radius 2 is 1.68 bits per heavy atom. The number of halogens is 1. The SMILES string of the molecule is COC(=O)CNC(=O)CNC(=O)Cn1ncc2c(-c3cc4c(cnn4C(=O)C4CCN(C(=O)CCC(N)=O)CC4)cc3F)cccc21. The third-order valence-electron chi connectivity index (χ3n) is 8.02. The number of piperidine rings is 1. The quantitative estimate of drug-likeness (QED) is 0.196. The summed E-state index contributed by atoms with van der Waals surface area (Å²) in [5.74, 6) is -3.64. The third-order valence-corrected chi connectivity index (χ3v) is 8.02. The molecule has 0 unspecified atom stereocenters. The molecule has 1 aliphatic heterocycles. The van der Waals surface area contributed by atoms with E-state index >= 15 is 4.39 Å². The molecule has 4 N–H and O–H groups in total. The molecule has 2 aromatic heterocycles. The van der Waals surface area contributed by atoms with Crippen LogP contribution >= 0.6 is 0 Å². The fourth-order valence-corrected chi connectivity index (χ4v) is 5.51. The number of rotatable bonds is 11. The zero-order valence-corrected chi connectivity index (χ0v) is 25.5. The van der Waals surface area contributed by atoms with Gasteiger partial charge in [-0.2, -0.15) is 14.9 Å². The van der Waals surface area contributed by atoms with Gasteiger partial charge in [0.25, 0.3) is 5.91 Å². The fraction of sp³-hybridized carbons (Fsp3) is 0.355. The van der Waals surface area contributed by atoms with Crippen LogP contribution in [0.3, 0.4) is 0 Å². The number of aromatic nitrogens is 4. The van der Waals surface area contributed by atoms with Crippen LogP contribution in [0.15, 0.2) is 42.7 Å². The number of hydrogen-bond acceptors (Lipinski definition) is 9. The lowest BCUT2D eigenvalue weighted by Crippen LogP contribution is -2.41. The summed E-state index contributed by atoms with van der Waals surface area (Å²) in [5.41, 5.74) is 6.79. The van der Waals surface area contributed by atoms with Gasteiger partial charge in [0.2, 0.25) is 23.6 Å². The first kappa shape index (κ1) is 32.7. The van der Waals surface area contributed by atoms with E-state index in [4.69, 9.17) is 5.73 Å². The number of esters is 1. The number of primary amides is 1. The van der Waals surface area contributed by atoms with Crippen molar-refractivity contribution in [3.63, 3.8) is 0 Å². The van der Waals surface area contributed by atoms with Crippen molar-refractivity contribution < 1.29 is 37.9 Å². The van der Waals surface area contributed by atoms with Crippen LogP contribution in [0.4, 0.5) is 4.39 Å². The minimum atomic E-state index is -0.624. The van der Waals surface area contributed by atoms with Crippen molar-refractivity contribution in [2.45, 2.75) is 32.2 Å². The number of amides is 4. The maximum atomic E-state index is 15.5. The van der Waals surface area contributed by atoms with Crippen molar-refractivity contribution in [1.82, 2.24) is 35.1 Å². The van der Waals surface area contributed by atoms with Gasteiger partial charge in [-0.25, -0.2) is 4.39 Å². The number of carbonyl (C=O) groups excluding carboxylic acids is 6. The second-order valence-corrected chi connectivity index (χ2v) is 11.1. The van der Waals surface area contributed by atoms with Gasteiger partial charge in [0.1, 0.15) is 18.9 Å². The highest BCUT2D eigenvalue weighted by Gasteiger charge is 2.30. The van der Waals surface area contributed by atoms with E-state index in [1.54, 1.807) is 29.2 Å². The molecule has 1 saturated heterocycles. The van der Waals surface area contributed by atoms with E-state index in [0.717, 1.165) is 0 Å². The van der Waals surface area contributed by atoms with Gasteiger partial charge in [-0.05, 0) is 36.6 Å². The van der Waals surface area contributed by atoms with Crippen LogP contribution in [0.25, 0.3) is 32.9 Å². The molecule has 5 rings (SSSR count). The van der Waals surface area contributed by atoms with E-state index in [1.807, 2.05) is 0 Å². The van der Waals surface area contributed by atoms with E-state index in [-0.39, 0.29) is 49.9 Å². The molecule has 0 atom stereocenters. The van der Waals surface area contributed by atoms with Gasteiger partial charge in [-0.3, -0.25) is 33.4 Å². The number of fused-ring (bicyclic) bond motifs is 2. The molecule has 0 bridgehead atoms.